The minimum absolute atomic E-state index is 0.0379. The molecule has 0 aliphatic heterocycles. The van der Waals surface area contributed by atoms with Crippen LogP contribution in [-0.4, -0.2) is 48.1 Å². The highest BCUT2D eigenvalue weighted by Gasteiger charge is 2.16. The van der Waals surface area contributed by atoms with Gasteiger partial charge in [-0.2, -0.15) is 0 Å². The van der Waals surface area contributed by atoms with Gasteiger partial charge < -0.3 is 23.9 Å². The van der Waals surface area contributed by atoms with Crippen molar-refractivity contribution in [1.82, 2.24) is 10.2 Å². The molecule has 32 heavy (non-hydrogen) atoms. The van der Waals surface area contributed by atoms with Gasteiger partial charge >= 0.3 is 0 Å². The van der Waals surface area contributed by atoms with Gasteiger partial charge in [-0.1, -0.05) is 17.8 Å². The molecule has 11 nitrogen and oxygen atoms in total. The Kier molecular flexibility index (Phi) is 7.49. The van der Waals surface area contributed by atoms with E-state index in [0.717, 1.165) is 17.3 Å². The van der Waals surface area contributed by atoms with Gasteiger partial charge in [0.1, 0.15) is 5.75 Å². The lowest BCUT2D eigenvalue weighted by molar-refractivity contribution is -0.384. The number of anilines is 1. The average Bonchev–Trinajstić information content (AvgIpc) is 3.24. The van der Waals surface area contributed by atoms with Crippen molar-refractivity contribution in [3.63, 3.8) is 0 Å². The Morgan fingerprint density at radius 2 is 1.78 bits per heavy atom. The van der Waals surface area contributed by atoms with Crippen molar-refractivity contribution in [3.05, 3.63) is 58.0 Å². The van der Waals surface area contributed by atoms with Crippen LogP contribution in [0.2, 0.25) is 0 Å². The number of nitro benzene ring substituents is 1. The van der Waals surface area contributed by atoms with Gasteiger partial charge in [-0.05, 0) is 23.8 Å². The minimum Gasteiger partial charge on any atom is -0.495 e. The van der Waals surface area contributed by atoms with Crippen molar-refractivity contribution >= 4 is 29.0 Å². The summed E-state index contributed by atoms with van der Waals surface area (Å²) >= 11 is 1.05. The molecule has 2 aromatic carbocycles. The first kappa shape index (κ1) is 22.9. The fourth-order valence-electron chi connectivity index (χ4n) is 2.75. The largest absolute Gasteiger partial charge is 0.495 e. The number of amides is 1. The van der Waals surface area contributed by atoms with Gasteiger partial charge in [0.25, 0.3) is 10.9 Å². The number of non-ortho nitro benzene ring substituents is 1. The van der Waals surface area contributed by atoms with Crippen LogP contribution >= 0.6 is 11.8 Å². The molecule has 1 heterocycles. The maximum Gasteiger partial charge on any atom is 0.277 e. The zero-order chi connectivity index (χ0) is 23.1. The van der Waals surface area contributed by atoms with Crippen LogP contribution < -0.4 is 19.5 Å². The molecular formula is C20H20N4O7S. The van der Waals surface area contributed by atoms with Gasteiger partial charge in [-0.25, -0.2) is 0 Å². The van der Waals surface area contributed by atoms with E-state index in [4.69, 9.17) is 18.6 Å². The molecule has 0 radical (unpaired) electrons. The number of nitrogens with zero attached hydrogens (tertiary/aromatic N) is 3. The lowest BCUT2D eigenvalue weighted by Gasteiger charge is -2.09. The Morgan fingerprint density at radius 3 is 2.47 bits per heavy atom. The van der Waals surface area contributed by atoms with Crippen LogP contribution in [-0.2, 0) is 11.2 Å². The van der Waals surface area contributed by atoms with Crippen molar-refractivity contribution < 1.29 is 28.3 Å². The molecule has 0 aliphatic rings. The van der Waals surface area contributed by atoms with E-state index in [-0.39, 0.29) is 22.4 Å². The number of benzene rings is 2. The zero-order valence-corrected chi connectivity index (χ0v) is 18.3. The number of hydrogen-bond acceptors (Lipinski definition) is 10. The predicted octanol–water partition coefficient (Wildman–Crippen LogP) is 3.33. The normalized spacial score (nSPS) is 10.5. The van der Waals surface area contributed by atoms with Crippen molar-refractivity contribution in [1.29, 1.82) is 0 Å². The second-order valence-corrected chi connectivity index (χ2v) is 7.23. The van der Waals surface area contributed by atoms with Gasteiger partial charge in [0, 0.05) is 12.1 Å². The van der Waals surface area contributed by atoms with Crippen LogP contribution in [0, 0.1) is 10.1 Å². The van der Waals surface area contributed by atoms with E-state index >= 15 is 0 Å². The summed E-state index contributed by atoms with van der Waals surface area (Å²) in [6.07, 6.45) is 0.380. The highest BCUT2D eigenvalue weighted by molar-refractivity contribution is 7.99. The topological polar surface area (TPSA) is 139 Å². The second-order valence-electron chi connectivity index (χ2n) is 6.31. The van der Waals surface area contributed by atoms with E-state index in [9.17, 15) is 14.9 Å². The van der Waals surface area contributed by atoms with Crippen LogP contribution in [0.25, 0.3) is 0 Å². The van der Waals surface area contributed by atoms with Gasteiger partial charge in [0.05, 0.1) is 44.1 Å². The number of ether oxygens (including phenoxy) is 3. The first-order chi connectivity index (χ1) is 15.4. The summed E-state index contributed by atoms with van der Waals surface area (Å²) in [5, 5.41) is 21.7. The number of nitrogens with one attached hydrogen (secondary N) is 1. The number of thioether (sulfide) groups is 1. The predicted molar refractivity (Wildman–Crippen MR) is 116 cm³/mol. The number of aromatic nitrogens is 2. The van der Waals surface area contributed by atoms with Crippen molar-refractivity contribution in [3.8, 4) is 17.2 Å². The maximum absolute atomic E-state index is 12.3. The number of hydrogen-bond donors (Lipinski definition) is 1. The van der Waals surface area contributed by atoms with E-state index in [2.05, 4.69) is 15.5 Å². The highest BCUT2D eigenvalue weighted by Crippen LogP contribution is 2.30. The summed E-state index contributed by atoms with van der Waals surface area (Å²) in [5.74, 6) is 1.44. The van der Waals surface area contributed by atoms with Crippen molar-refractivity contribution in [2.75, 3.05) is 32.4 Å². The van der Waals surface area contributed by atoms with Crippen LogP contribution in [0.1, 0.15) is 11.5 Å². The molecule has 0 spiro atoms. The number of nitro groups is 1. The van der Waals surface area contributed by atoms with Crippen LogP contribution in [0.4, 0.5) is 11.4 Å². The van der Waals surface area contributed by atoms with Crippen LogP contribution in [0.15, 0.2) is 46.0 Å². The number of rotatable bonds is 10. The second kappa shape index (κ2) is 10.5. The molecule has 0 unspecified atom stereocenters. The lowest BCUT2D eigenvalue weighted by Crippen LogP contribution is -2.14. The van der Waals surface area contributed by atoms with Crippen molar-refractivity contribution in [2.45, 2.75) is 11.6 Å². The lowest BCUT2D eigenvalue weighted by atomic mass is 10.1. The summed E-state index contributed by atoms with van der Waals surface area (Å²) < 4.78 is 21.2. The monoisotopic (exact) mass is 460 g/mol. The molecule has 168 valence electrons. The Bertz CT molecular complexity index is 1120. The van der Waals surface area contributed by atoms with Crippen molar-refractivity contribution in [2.24, 2.45) is 0 Å². The van der Waals surface area contributed by atoms with E-state index < -0.39 is 10.8 Å². The SMILES string of the molecule is COc1ccc([N+](=O)[O-])cc1NC(=O)CSc1nnc(Cc2ccc(OC)c(OC)c2)o1. The fourth-order valence-corrected chi connectivity index (χ4v) is 3.33. The van der Waals surface area contributed by atoms with Gasteiger partial charge in [-0.3, -0.25) is 14.9 Å². The van der Waals surface area contributed by atoms with Crippen LogP contribution in [0.5, 0.6) is 17.2 Å². The molecule has 3 rings (SSSR count). The first-order valence-electron chi connectivity index (χ1n) is 9.21. The van der Waals surface area contributed by atoms with Gasteiger partial charge in [0.2, 0.25) is 11.8 Å². The zero-order valence-electron chi connectivity index (χ0n) is 17.5. The highest BCUT2D eigenvalue weighted by atomic mass is 32.2. The Balaban J connectivity index is 1.59. The molecule has 3 aromatic rings. The van der Waals surface area contributed by atoms with E-state index in [0.29, 0.717) is 29.6 Å². The Labute approximate surface area is 187 Å². The fraction of sp³-hybridized carbons (Fsp3) is 0.250. The molecule has 0 bridgehead atoms. The van der Waals surface area contributed by atoms with E-state index in [1.807, 2.05) is 12.1 Å². The van der Waals surface area contributed by atoms with E-state index in [1.54, 1.807) is 20.3 Å². The maximum atomic E-state index is 12.3. The molecule has 12 heteroatoms. The van der Waals surface area contributed by atoms with Gasteiger partial charge in [-0.15, -0.1) is 10.2 Å². The molecule has 1 aromatic heterocycles. The molecule has 0 atom stereocenters. The quantitative estimate of drug-likeness (QED) is 0.272. The van der Waals surface area contributed by atoms with Crippen LogP contribution in [0.3, 0.4) is 0 Å². The molecule has 0 fully saturated rings. The van der Waals surface area contributed by atoms with Gasteiger partial charge in [0.15, 0.2) is 11.5 Å². The summed E-state index contributed by atoms with van der Waals surface area (Å²) in [5.41, 5.74) is 0.927. The minimum atomic E-state index is -0.553. The Hall–Kier alpha value is -3.80. The third kappa shape index (κ3) is 5.66. The smallest absolute Gasteiger partial charge is 0.277 e. The molecule has 1 N–H and O–H groups in total. The molecule has 1 amide bonds. The summed E-state index contributed by atoms with van der Waals surface area (Å²) in [6, 6.07) is 9.40. The average molecular weight is 460 g/mol. The third-order valence-corrected chi connectivity index (χ3v) is 5.06. The number of carbonyl (C=O) groups is 1. The summed E-state index contributed by atoms with van der Waals surface area (Å²) in [7, 11) is 4.52. The Morgan fingerprint density at radius 1 is 1.06 bits per heavy atom. The molecular weight excluding hydrogens is 440 g/mol. The number of methoxy groups -OCH3 is 3. The molecule has 0 aliphatic carbocycles. The van der Waals surface area contributed by atoms with E-state index in [1.165, 1.54) is 25.3 Å². The third-order valence-electron chi connectivity index (χ3n) is 4.25. The summed E-state index contributed by atoms with van der Waals surface area (Å²) in [6.45, 7) is 0. The molecule has 0 saturated carbocycles. The summed E-state index contributed by atoms with van der Waals surface area (Å²) in [4.78, 5) is 22.7. The first-order valence-corrected chi connectivity index (χ1v) is 10.2. The standard InChI is InChI=1S/C20H20N4O7S/c1-28-15-7-5-13(24(26)27)10-14(15)21-18(25)11-32-20-23-22-19(31-20)9-12-4-6-16(29-2)17(8-12)30-3/h4-8,10H,9,11H2,1-3H3,(H,21,25). The number of carbonyl (C=O) groups excluding carboxylic acids is 1. The molecule has 0 saturated heterocycles.